The van der Waals surface area contributed by atoms with Crippen LogP contribution in [0.1, 0.15) is 18.4 Å². The summed E-state index contributed by atoms with van der Waals surface area (Å²) in [6, 6.07) is 6.54. The van der Waals surface area contributed by atoms with E-state index in [1.165, 1.54) is 17.7 Å². The number of nitrogens with zero attached hydrogens (tertiary/aromatic N) is 1. The van der Waals surface area contributed by atoms with Crippen LogP contribution in [0.15, 0.2) is 18.2 Å². The van der Waals surface area contributed by atoms with E-state index < -0.39 is 9.84 Å². The van der Waals surface area contributed by atoms with Crippen LogP contribution in [0.5, 0.6) is 0 Å². The monoisotopic (exact) mass is 280 g/mol. The van der Waals surface area contributed by atoms with E-state index in [0.717, 1.165) is 25.1 Å². The molecule has 0 aromatic heterocycles. The number of sulfone groups is 1. The van der Waals surface area contributed by atoms with Gasteiger partial charge in [0.1, 0.15) is 0 Å². The normalized spacial score (nSPS) is 24.6. The number of fused-ring (bicyclic) bond motifs is 1. The molecule has 0 spiro atoms. The molecule has 2 aliphatic heterocycles. The van der Waals surface area contributed by atoms with E-state index in [2.05, 4.69) is 28.4 Å². The molecule has 0 amide bonds. The zero-order valence-electron chi connectivity index (χ0n) is 11.2. The van der Waals surface area contributed by atoms with Crippen molar-refractivity contribution in [1.82, 2.24) is 0 Å². The highest BCUT2D eigenvalue weighted by Gasteiger charge is 2.31. The van der Waals surface area contributed by atoms with Crippen LogP contribution in [-0.4, -0.2) is 39.6 Å². The minimum atomic E-state index is -2.82. The number of hydrogen-bond donors (Lipinski definition) is 1. The van der Waals surface area contributed by atoms with Crippen LogP contribution in [-0.2, 0) is 16.3 Å². The number of rotatable bonds is 2. The van der Waals surface area contributed by atoms with E-state index in [0.29, 0.717) is 5.75 Å². The number of benzene rings is 1. The molecule has 3 rings (SSSR count). The van der Waals surface area contributed by atoms with Crippen molar-refractivity contribution >= 4 is 21.2 Å². The topological polar surface area (TPSA) is 49.4 Å². The van der Waals surface area contributed by atoms with Gasteiger partial charge in [0, 0.05) is 31.0 Å². The molecule has 104 valence electrons. The highest BCUT2D eigenvalue weighted by molar-refractivity contribution is 7.91. The minimum absolute atomic E-state index is 0.117. The number of anilines is 2. The van der Waals surface area contributed by atoms with Crippen LogP contribution >= 0.6 is 0 Å². The predicted octanol–water partition coefficient (Wildman–Crippen LogP) is 1.67. The number of aryl methyl sites for hydroxylation is 1. The van der Waals surface area contributed by atoms with Gasteiger partial charge >= 0.3 is 0 Å². The van der Waals surface area contributed by atoms with Gasteiger partial charge in [-0.15, -0.1) is 0 Å². The summed E-state index contributed by atoms with van der Waals surface area (Å²) in [6.45, 7) is 1.03. The molecule has 5 heteroatoms. The van der Waals surface area contributed by atoms with Crippen LogP contribution in [0.3, 0.4) is 0 Å². The third-order valence-corrected chi connectivity index (χ3v) is 5.95. The molecule has 1 aromatic carbocycles. The van der Waals surface area contributed by atoms with Crippen LogP contribution in [0.2, 0.25) is 0 Å². The Morgan fingerprint density at radius 2 is 2.21 bits per heavy atom. The third-order valence-electron chi connectivity index (χ3n) is 4.20. The van der Waals surface area contributed by atoms with Gasteiger partial charge in [-0.2, -0.15) is 0 Å². The molecular formula is C14H20N2O2S. The molecule has 0 bridgehead atoms. The first-order valence-corrected chi connectivity index (χ1v) is 8.67. The molecule has 2 aliphatic rings. The molecular weight excluding hydrogens is 260 g/mol. The molecule has 2 heterocycles. The Balaban J connectivity index is 1.82. The van der Waals surface area contributed by atoms with Crippen LogP contribution < -0.4 is 10.2 Å². The maximum atomic E-state index is 11.6. The summed E-state index contributed by atoms with van der Waals surface area (Å²) in [5.41, 5.74) is 3.68. The second-order valence-corrected chi connectivity index (χ2v) is 7.77. The van der Waals surface area contributed by atoms with Crippen molar-refractivity contribution in [2.45, 2.75) is 25.3 Å². The fourth-order valence-corrected chi connectivity index (χ4v) is 4.73. The molecule has 1 fully saturated rings. The lowest BCUT2D eigenvalue weighted by molar-refractivity contribution is 0.601. The van der Waals surface area contributed by atoms with Gasteiger partial charge in [0.25, 0.3) is 0 Å². The van der Waals surface area contributed by atoms with E-state index in [4.69, 9.17) is 0 Å². The lowest BCUT2D eigenvalue weighted by Crippen LogP contribution is -2.32. The maximum Gasteiger partial charge on any atom is 0.152 e. The summed E-state index contributed by atoms with van der Waals surface area (Å²) in [7, 11) is -0.827. The summed E-state index contributed by atoms with van der Waals surface area (Å²) in [4.78, 5) is 2.11. The second-order valence-electron chi connectivity index (χ2n) is 5.54. The van der Waals surface area contributed by atoms with Crippen molar-refractivity contribution in [3.63, 3.8) is 0 Å². The maximum absolute atomic E-state index is 11.6. The van der Waals surface area contributed by atoms with E-state index in [9.17, 15) is 8.42 Å². The summed E-state index contributed by atoms with van der Waals surface area (Å²) in [6.07, 6.45) is 3.05. The van der Waals surface area contributed by atoms with Crippen LogP contribution in [0.25, 0.3) is 0 Å². The smallest absolute Gasteiger partial charge is 0.152 e. The standard InChI is InChI=1S/C14H20N2O2S/c1-16(13-6-8-19(17,18)10-13)12-5-4-11-3-2-7-15-14(11)9-12/h4-5,9,13,15H,2-3,6-8,10H2,1H3. The molecule has 4 nitrogen and oxygen atoms in total. The Hall–Kier alpha value is -1.23. The first-order chi connectivity index (χ1) is 9.05. The van der Waals surface area contributed by atoms with Crippen molar-refractivity contribution in [2.75, 3.05) is 35.3 Å². The average molecular weight is 280 g/mol. The quantitative estimate of drug-likeness (QED) is 0.895. The highest BCUT2D eigenvalue weighted by Crippen LogP contribution is 2.29. The summed E-state index contributed by atoms with van der Waals surface area (Å²) >= 11 is 0. The van der Waals surface area contributed by atoms with Crippen molar-refractivity contribution < 1.29 is 8.42 Å². The van der Waals surface area contributed by atoms with E-state index >= 15 is 0 Å². The molecule has 1 N–H and O–H groups in total. The Labute approximate surface area is 114 Å². The third kappa shape index (κ3) is 2.56. The Bertz CT molecular complexity index is 583. The van der Waals surface area contributed by atoms with Gasteiger partial charge in [-0.3, -0.25) is 0 Å². The SMILES string of the molecule is CN(c1ccc2c(c1)NCCC2)C1CCS(=O)(=O)C1. The molecule has 1 saturated heterocycles. The molecule has 1 unspecified atom stereocenters. The van der Waals surface area contributed by atoms with Gasteiger partial charge in [0.2, 0.25) is 0 Å². The summed E-state index contributed by atoms with van der Waals surface area (Å²) < 4.78 is 23.1. The van der Waals surface area contributed by atoms with Gasteiger partial charge in [0.15, 0.2) is 9.84 Å². The fraction of sp³-hybridized carbons (Fsp3) is 0.571. The van der Waals surface area contributed by atoms with Gasteiger partial charge in [-0.1, -0.05) is 6.07 Å². The molecule has 0 radical (unpaired) electrons. The van der Waals surface area contributed by atoms with Crippen molar-refractivity contribution in [1.29, 1.82) is 0 Å². The van der Waals surface area contributed by atoms with Crippen LogP contribution in [0.4, 0.5) is 11.4 Å². The number of nitrogens with one attached hydrogen (secondary N) is 1. The van der Waals surface area contributed by atoms with E-state index in [1.54, 1.807) is 0 Å². The summed E-state index contributed by atoms with van der Waals surface area (Å²) in [5.74, 6) is 0.610. The molecule has 1 atom stereocenters. The predicted molar refractivity (Wildman–Crippen MR) is 78.7 cm³/mol. The van der Waals surface area contributed by atoms with Gasteiger partial charge < -0.3 is 10.2 Å². The Kier molecular flexibility index (Phi) is 3.17. The van der Waals surface area contributed by atoms with Gasteiger partial charge in [-0.25, -0.2) is 8.42 Å². The Morgan fingerprint density at radius 1 is 1.37 bits per heavy atom. The Morgan fingerprint density at radius 3 is 2.95 bits per heavy atom. The van der Waals surface area contributed by atoms with Gasteiger partial charge in [-0.05, 0) is 37.0 Å². The average Bonchev–Trinajstić information content (AvgIpc) is 2.78. The van der Waals surface area contributed by atoms with Crippen molar-refractivity contribution in [3.05, 3.63) is 23.8 Å². The first kappa shape index (κ1) is 12.8. The van der Waals surface area contributed by atoms with E-state index in [-0.39, 0.29) is 11.8 Å². The fourth-order valence-electron chi connectivity index (χ4n) is 2.96. The lowest BCUT2D eigenvalue weighted by atomic mass is 10.0. The molecule has 0 aliphatic carbocycles. The molecule has 0 saturated carbocycles. The summed E-state index contributed by atoms with van der Waals surface area (Å²) in [5, 5.41) is 3.42. The zero-order chi connectivity index (χ0) is 13.5. The number of hydrogen-bond acceptors (Lipinski definition) is 4. The first-order valence-electron chi connectivity index (χ1n) is 6.85. The minimum Gasteiger partial charge on any atom is -0.385 e. The van der Waals surface area contributed by atoms with Crippen LogP contribution in [0, 0.1) is 0 Å². The molecule has 1 aromatic rings. The molecule has 19 heavy (non-hydrogen) atoms. The van der Waals surface area contributed by atoms with Crippen molar-refractivity contribution in [2.24, 2.45) is 0 Å². The van der Waals surface area contributed by atoms with Crippen molar-refractivity contribution in [3.8, 4) is 0 Å². The second kappa shape index (κ2) is 4.71. The van der Waals surface area contributed by atoms with E-state index in [1.807, 2.05) is 7.05 Å². The lowest BCUT2D eigenvalue weighted by Gasteiger charge is -2.28. The highest BCUT2D eigenvalue weighted by atomic mass is 32.2. The largest absolute Gasteiger partial charge is 0.385 e. The zero-order valence-corrected chi connectivity index (χ0v) is 12.0. The van der Waals surface area contributed by atoms with Gasteiger partial charge in [0.05, 0.1) is 11.5 Å².